The summed E-state index contributed by atoms with van der Waals surface area (Å²) in [6.07, 6.45) is 1.75. The summed E-state index contributed by atoms with van der Waals surface area (Å²) >= 11 is 0. The Labute approximate surface area is 146 Å². The summed E-state index contributed by atoms with van der Waals surface area (Å²) in [5, 5.41) is 3.39. The molecule has 0 saturated carbocycles. The molecular weight excluding hydrogens is 322 g/mol. The van der Waals surface area contributed by atoms with Crippen LogP contribution in [0.5, 0.6) is 0 Å². The van der Waals surface area contributed by atoms with Gasteiger partial charge in [-0.15, -0.1) is 0 Å². The second-order valence-electron chi connectivity index (χ2n) is 6.64. The van der Waals surface area contributed by atoms with Gasteiger partial charge in [0.05, 0.1) is 6.04 Å². The van der Waals surface area contributed by atoms with Crippen LogP contribution >= 0.6 is 0 Å². The van der Waals surface area contributed by atoms with Crippen molar-refractivity contribution in [3.63, 3.8) is 0 Å². The molecule has 1 saturated heterocycles. The Bertz CT molecular complexity index is 744. The van der Waals surface area contributed by atoms with Crippen molar-refractivity contribution in [1.82, 2.24) is 10.2 Å². The molecule has 0 aliphatic carbocycles. The molecule has 4 rings (SSSR count). The Balaban J connectivity index is 1.78. The van der Waals surface area contributed by atoms with Crippen molar-refractivity contribution in [2.45, 2.75) is 25.1 Å². The van der Waals surface area contributed by atoms with E-state index in [1.54, 1.807) is 6.07 Å². The Hall–Kier alpha value is -1.82. The van der Waals surface area contributed by atoms with E-state index < -0.39 is 11.6 Å². The normalized spacial score (nSPS) is 24.6. The molecule has 2 aliphatic heterocycles. The van der Waals surface area contributed by atoms with Gasteiger partial charge >= 0.3 is 0 Å². The average molecular weight is 344 g/mol. The molecule has 1 fully saturated rings. The third-order valence-corrected chi connectivity index (χ3v) is 5.07. The Morgan fingerprint density at radius 2 is 1.96 bits per heavy atom. The van der Waals surface area contributed by atoms with E-state index in [9.17, 15) is 8.78 Å². The van der Waals surface area contributed by atoms with Crippen LogP contribution < -0.4 is 5.32 Å². The first-order chi connectivity index (χ1) is 12.2. The van der Waals surface area contributed by atoms with E-state index in [0.717, 1.165) is 37.6 Å². The minimum absolute atomic E-state index is 0.120. The molecule has 2 atom stereocenters. The summed E-state index contributed by atoms with van der Waals surface area (Å²) in [5.41, 5.74) is 2.79. The monoisotopic (exact) mass is 344 g/mol. The minimum atomic E-state index is -0.552. The zero-order valence-corrected chi connectivity index (χ0v) is 14.1. The maximum absolute atomic E-state index is 14.6. The largest absolute Gasteiger partial charge is 0.362 e. The topological polar surface area (TPSA) is 24.5 Å². The van der Waals surface area contributed by atoms with E-state index in [2.05, 4.69) is 16.3 Å². The summed E-state index contributed by atoms with van der Waals surface area (Å²) < 4.78 is 34.1. The molecule has 2 heterocycles. The maximum Gasteiger partial charge on any atom is 0.131 e. The maximum atomic E-state index is 14.6. The highest BCUT2D eigenvalue weighted by molar-refractivity contribution is 5.40. The fourth-order valence-corrected chi connectivity index (χ4v) is 3.88. The number of ether oxygens (including phenoxy) is 1. The summed E-state index contributed by atoms with van der Waals surface area (Å²) in [7, 11) is 0. The van der Waals surface area contributed by atoms with Crippen molar-refractivity contribution in [2.75, 3.05) is 26.2 Å². The smallest absolute Gasteiger partial charge is 0.131 e. The summed E-state index contributed by atoms with van der Waals surface area (Å²) in [6.45, 7) is 3.11. The molecule has 5 heteroatoms. The fraction of sp³-hybridized carbons (Fsp3) is 0.400. The van der Waals surface area contributed by atoms with Crippen LogP contribution in [0.3, 0.4) is 0 Å². The highest BCUT2D eigenvalue weighted by Gasteiger charge is 2.35. The van der Waals surface area contributed by atoms with Crippen molar-refractivity contribution in [3.05, 3.63) is 70.8 Å². The Morgan fingerprint density at radius 3 is 2.84 bits per heavy atom. The lowest BCUT2D eigenvalue weighted by Gasteiger charge is -2.42. The predicted molar refractivity (Wildman–Crippen MR) is 92.3 cm³/mol. The van der Waals surface area contributed by atoms with Gasteiger partial charge in [0, 0.05) is 31.3 Å². The van der Waals surface area contributed by atoms with E-state index in [1.165, 1.54) is 11.6 Å². The van der Waals surface area contributed by atoms with Crippen LogP contribution in [0.15, 0.2) is 42.5 Å². The first-order valence-electron chi connectivity index (χ1n) is 8.85. The molecule has 1 N–H and O–H groups in total. The molecule has 2 aliphatic rings. The van der Waals surface area contributed by atoms with Crippen LogP contribution in [0.2, 0.25) is 0 Å². The minimum Gasteiger partial charge on any atom is -0.362 e. The molecular formula is C20H22F2N2O. The van der Waals surface area contributed by atoms with Crippen molar-refractivity contribution in [2.24, 2.45) is 0 Å². The van der Waals surface area contributed by atoms with Gasteiger partial charge in [0.15, 0.2) is 0 Å². The van der Waals surface area contributed by atoms with Crippen LogP contribution in [0.25, 0.3) is 0 Å². The third-order valence-electron chi connectivity index (χ3n) is 5.07. The van der Waals surface area contributed by atoms with Gasteiger partial charge in [-0.25, -0.2) is 8.78 Å². The van der Waals surface area contributed by atoms with Crippen molar-refractivity contribution in [3.8, 4) is 0 Å². The molecule has 2 aromatic rings. The standard InChI is InChI=1S/C20H22F2N2O/c21-15-6-7-17(18(22)12-15)20-16-5-2-1-4-14(16)8-10-24(20)19-13-23-9-3-11-25-19/h1-2,4-7,12,19-20,23H,3,8-11,13H2/t19-,20+/m0/s1. The van der Waals surface area contributed by atoms with Gasteiger partial charge in [-0.05, 0) is 36.6 Å². The highest BCUT2D eigenvalue weighted by Crippen LogP contribution is 2.37. The third kappa shape index (κ3) is 3.32. The summed E-state index contributed by atoms with van der Waals surface area (Å²) in [4.78, 5) is 2.21. The van der Waals surface area contributed by atoms with Crippen LogP contribution in [0.1, 0.15) is 29.2 Å². The van der Waals surface area contributed by atoms with Crippen LogP contribution in [-0.2, 0) is 11.2 Å². The number of halogens is 2. The summed E-state index contributed by atoms with van der Waals surface area (Å²) in [6, 6.07) is 11.7. The molecule has 2 aromatic carbocycles. The number of nitrogens with one attached hydrogen (secondary N) is 1. The first-order valence-corrected chi connectivity index (χ1v) is 8.85. The highest BCUT2D eigenvalue weighted by atomic mass is 19.1. The predicted octanol–water partition coefficient (Wildman–Crippen LogP) is 3.25. The van der Waals surface area contributed by atoms with Crippen molar-refractivity contribution < 1.29 is 13.5 Å². The molecule has 0 amide bonds. The molecule has 25 heavy (non-hydrogen) atoms. The quantitative estimate of drug-likeness (QED) is 0.905. The number of nitrogens with zero attached hydrogens (tertiary/aromatic N) is 1. The molecule has 0 unspecified atom stereocenters. The molecule has 0 radical (unpaired) electrons. The zero-order chi connectivity index (χ0) is 17.2. The SMILES string of the molecule is Fc1ccc([C@H]2c3ccccc3CCN2[C@@H]2CNCCCO2)c(F)c1. The number of fused-ring (bicyclic) bond motifs is 1. The van der Waals surface area contributed by atoms with Gasteiger partial charge in [-0.1, -0.05) is 30.3 Å². The van der Waals surface area contributed by atoms with Gasteiger partial charge in [-0.3, -0.25) is 4.90 Å². The molecule has 0 bridgehead atoms. The van der Waals surface area contributed by atoms with Gasteiger partial charge in [0.2, 0.25) is 0 Å². The van der Waals surface area contributed by atoms with Crippen LogP contribution in [0.4, 0.5) is 8.78 Å². The lowest BCUT2D eigenvalue weighted by atomic mass is 9.87. The Morgan fingerprint density at radius 1 is 1.08 bits per heavy atom. The van der Waals surface area contributed by atoms with E-state index in [0.29, 0.717) is 18.7 Å². The fourth-order valence-electron chi connectivity index (χ4n) is 3.88. The van der Waals surface area contributed by atoms with Crippen molar-refractivity contribution in [1.29, 1.82) is 0 Å². The molecule has 0 spiro atoms. The van der Waals surface area contributed by atoms with Gasteiger partial charge in [0.25, 0.3) is 0 Å². The number of hydrogen-bond acceptors (Lipinski definition) is 3. The van der Waals surface area contributed by atoms with Crippen molar-refractivity contribution >= 4 is 0 Å². The summed E-state index contributed by atoms with van der Waals surface area (Å²) in [5.74, 6) is -1.06. The van der Waals surface area contributed by atoms with E-state index in [1.807, 2.05) is 18.2 Å². The zero-order valence-electron chi connectivity index (χ0n) is 14.1. The molecule has 3 nitrogen and oxygen atoms in total. The van der Waals surface area contributed by atoms with Crippen LogP contribution in [0, 0.1) is 11.6 Å². The molecule has 0 aromatic heterocycles. The van der Waals surface area contributed by atoms with Gasteiger partial charge in [0.1, 0.15) is 17.9 Å². The number of hydrogen-bond donors (Lipinski definition) is 1. The molecule has 132 valence electrons. The van der Waals surface area contributed by atoms with E-state index in [-0.39, 0.29) is 12.3 Å². The lowest BCUT2D eigenvalue weighted by molar-refractivity contribution is -0.0666. The number of benzene rings is 2. The lowest BCUT2D eigenvalue weighted by Crippen LogP contribution is -2.48. The van der Waals surface area contributed by atoms with E-state index in [4.69, 9.17) is 4.74 Å². The van der Waals surface area contributed by atoms with Gasteiger partial charge in [-0.2, -0.15) is 0 Å². The first kappa shape index (κ1) is 16.6. The average Bonchev–Trinajstić information content (AvgIpc) is 2.90. The number of rotatable bonds is 2. The second-order valence-corrected chi connectivity index (χ2v) is 6.64. The van der Waals surface area contributed by atoms with Gasteiger partial charge < -0.3 is 10.1 Å². The van der Waals surface area contributed by atoms with E-state index >= 15 is 0 Å². The Kier molecular flexibility index (Phi) is 4.79. The second kappa shape index (κ2) is 7.20. The van der Waals surface area contributed by atoms with Crippen LogP contribution in [-0.4, -0.2) is 37.4 Å².